The van der Waals surface area contributed by atoms with Crippen LogP contribution in [0.2, 0.25) is 5.02 Å². The third-order valence-corrected chi connectivity index (χ3v) is 3.28. The fraction of sp³-hybridized carbons (Fsp3) is 0.125. The second-order valence-corrected chi connectivity index (χ2v) is 5.14. The minimum absolute atomic E-state index is 0.167. The van der Waals surface area contributed by atoms with Gasteiger partial charge in [-0.05, 0) is 48.4 Å². The molecule has 0 aliphatic heterocycles. The zero-order chi connectivity index (χ0) is 15.9. The van der Waals surface area contributed by atoms with Gasteiger partial charge in [0.2, 0.25) is 0 Å². The second kappa shape index (κ2) is 7.47. The largest absolute Gasteiger partial charge is 0.352 e. The molecule has 0 aliphatic rings. The maximum atomic E-state index is 12.0. The Labute approximate surface area is 133 Å². The van der Waals surface area contributed by atoms with E-state index in [2.05, 4.69) is 10.6 Å². The highest BCUT2D eigenvalue weighted by molar-refractivity contribution is 6.30. The number of hydrogen-bond donors (Lipinski definition) is 3. The Morgan fingerprint density at radius 2 is 1.64 bits per heavy atom. The van der Waals surface area contributed by atoms with E-state index in [0.717, 1.165) is 12.0 Å². The molecule has 6 heteroatoms. The predicted molar refractivity (Wildman–Crippen MR) is 87.1 cm³/mol. The summed E-state index contributed by atoms with van der Waals surface area (Å²) in [6, 6.07) is 13.4. The van der Waals surface area contributed by atoms with Crippen LogP contribution in [0.5, 0.6) is 0 Å². The Kier molecular flexibility index (Phi) is 5.38. The van der Waals surface area contributed by atoms with Crippen molar-refractivity contribution in [3.63, 3.8) is 0 Å². The van der Waals surface area contributed by atoms with E-state index >= 15 is 0 Å². The first kappa shape index (κ1) is 15.9. The van der Waals surface area contributed by atoms with E-state index < -0.39 is 6.03 Å². The Morgan fingerprint density at radius 3 is 2.23 bits per heavy atom. The van der Waals surface area contributed by atoms with Crippen molar-refractivity contribution in [1.82, 2.24) is 5.32 Å². The SMILES string of the molecule is NC(=O)Nc1ccc(C(=O)NCCc2ccc(Cl)cc2)cc1. The van der Waals surface area contributed by atoms with Crippen LogP contribution in [-0.2, 0) is 6.42 Å². The number of halogens is 1. The Hall–Kier alpha value is -2.53. The van der Waals surface area contributed by atoms with Crippen LogP contribution < -0.4 is 16.4 Å². The minimum atomic E-state index is -0.639. The first-order valence-electron chi connectivity index (χ1n) is 6.74. The fourth-order valence-corrected chi connectivity index (χ4v) is 2.05. The van der Waals surface area contributed by atoms with Crippen molar-refractivity contribution >= 4 is 29.2 Å². The van der Waals surface area contributed by atoms with Gasteiger partial charge in [0.15, 0.2) is 0 Å². The van der Waals surface area contributed by atoms with E-state index in [1.807, 2.05) is 24.3 Å². The number of hydrogen-bond acceptors (Lipinski definition) is 2. The Morgan fingerprint density at radius 1 is 1.00 bits per heavy atom. The van der Waals surface area contributed by atoms with Crippen LogP contribution in [0.4, 0.5) is 10.5 Å². The summed E-state index contributed by atoms with van der Waals surface area (Å²) in [5.41, 5.74) is 7.18. The number of carbonyl (C=O) groups excluding carboxylic acids is 2. The van der Waals surface area contributed by atoms with Crippen molar-refractivity contribution in [2.45, 2.75) is 6.42 Å². The lowest BCUT2D eigenvalue weighted by Gasteiger charge is -2.07. The summed E-state index contributed by atoms with van der Waals surface area (Å²) in [7, 11) is 0. The lowest BCUT2D eigenvalue weighted by atomic mass is 10.1. The molecule has 2 aromatic carbocycles. The van der Waals surface area contributed by atoms with Gasteiger partial charge in [0.1, 0.15) is 0 Å². The second-order valence-electron chi connectivity index (χ2n) is 4.70. The molecule has 22 heavy (non-hydrogen) atoms. The molecule has 114 valence electrons. The van der Waals surface area contributed by atoms with E-state index in [9.17, 15) is 9.59 Å². The zero-order valence-corrected chi connectivity index (χ0v) is 12.6. The van der Waals surface area contributed by atoms with Crippen LogP contribution in [-0.4, -0.2) is 18.5 Å². The summed E-state index contributed by atoms with van der Waals surface area (Å²) in [6.45, 7) is 0.530. The lowest BCUT2D eigenvalue weighted by Crippen LogP contribution is -2.25. The van der Waals surface area contributed by atoms with Crippen LogP contribution in [0.15, 0.2) is 48.5 Å². The van der Waals surface area contributed by atoms with Gasteiger partial charge in [-0.2, -0.15) is 0 Å². The number of carbonyl (C=O) groups is 2. The van der Waals surface area contributed by atoms with Crippen molar-refractivity contribution in [2.24, 2.45) is 5.73 Å². The zero-order valence-electron chi connectivity index (χ0n) is 11.8. The molecule has 0 bridgehead atoms. The average molecular weight is 318 g/mol. The lowest BCUT2D eigenvalue weighted by molar-refractivity contribution is 0.0954. The molecule has 0 aromatic heterocycles. The third-order valence-electron chi connectivity index (χ3n) is 3.03. The van der Waals surface area contributed by atoms with Gasteiger partial charge in [-0.3, -0.25) is 4.79 Å². The molecule has 0 atom stereocenters. The number of anilines is 1. The van der Waals surface area contributed by atoms with E-state index in [-0.39, 0.29) is 5.91 Å². The number of primary amides is 1. The summed E-state index contributed by atoms with van der Waals surface area (Å²) >= 11 is 5.82. The number of nitrogens with two attached hydrogens (primary N) is 1. The number of nitrogens with one attached hydrogen (secondary N) is 2. The molecule has 3 amide bonds. The molecule has 0 heterocycles. The Balaban J connectivity index is 1.84. The van der Waals surface area contributed by atoms with Crippen LogP contribution >= 0.6 is 11.6 Å². The molecule has 0 fully saturated rings. The maximum Gasteiger partial charge on any atom is 0.316 e. The van der Waals surface area contributed by atoms with Gasteiger partial charge in [0.25, 0.3) is 5.91 Å². The van der Waals surface area contributed by atoms with E-state index in [1.54, 1.807) is 24.3 Å². The van der Waals surface area contributed by atoms with Crippen LogP contribution in [0.1, 0.15) is 15.9 Å². The van der Waals surface area contributed by atoms with Gasteiger partial charge in [-0.25, -0.2) is 4.79 Å². The molecule has 0 saturated heterocycles. The number of benzene rings is 2. The molecule has 0 radical (unpaired) electrons. The molecule has 2 aromatic rings. The van der Waals surface area contributed by atoms with E-state index in [4.69, 9.17) is 17.3 Å². The van der Waals surface area contributed by atoms with Crippen molar-refractivity contribution in [3.05, 3.63) is 64.7 Å². The van der Waals surface area contributed by atoms with Crippen LogP contribution in [0.3, 0.4) is 0 Å². The molecular formula is C16H16ClN3O2. The molecular weight excluding hydrogens is 302 g/mol. The topological polar surface area (TPSA) is 84.2 Å². The number of urea groups is 1. The highest BCUT2D eigenvalue weighted by atomic mass is 35.5. The van der Waals surface area contributed by atoms with Crippen molar-refractivity contribution < 1.29 is 9.59 Å². The van der Waals surface area contributed by atoms with E-state index in [1.165, 1.54) is 0 Å². The molecule has 4 N–H and O–H groups in total. The van der Waals surface area contributed by atoms with Gasteiger partial charge in [-0.15, -0.1) is 0 Å². The molecule has 0 aliphatic carbocycles. The molecule has 0 spiro atoms. The van der Waals surface area contributed by atoms with Gasteiger partial charge in [0.05, 0.1) is 0 Å². The van der Waals surface area contributed by atoms with Crippen molar-refractivity contribution in [1.29, 1.82) is 0 Å². The minimum Gasteiger partial charge on any atom is -0.352 e. The monoisotopic (exact) mass is 317 g/mol. The fourth-order valence-electron chi connectivity index (χ4n) is 1.92. The number of rotatable bonds is 5. The van der Waals surface area contributed by atoms with Crippen LogP contribution in [0, 0.1) is 0 Å². The average Bonchev–Trinajstić information content (AvgIpc) is 2.49. The summed E-state index contributed by atoms with van der Waals surface area (Å²) in [6.07, 6.45) is 0.726. The summed E-state index contributed by atoms with van der Waals surface area (Å²) in [5.74, 6) is -0.167. The highest BCUT2D eigenvalue weighted by Gasteiger charge is 2.05. The molecule has 5 nitrogen and oxygen atoms in total. The molecule has 2 rings (SSSR count). The predicted octanol–water partition coefficient (Wildman–Crippen LogP) is 2.80. The van der Waals surface area contributed by atoms with Crippen molar-refractivity contribution in [2.75, 3.05) is 11.9 Å². The summed E-state index contributed by atoms with van der Waals surface area (Å²) in [5, 5.41) is 5.97. The van der Waals surface area contributed by atoms with Crippen molar-refractivity contribution in [3.8, 4) is 0 Å². The quantitative estimate of drug-likeness (QED) is 0.792. The maximum absolute atomic E-state index is 12.0. The highest BCUT2D eigenvalue weighted by Crippen LogP contribution is 2.10. The van der Waals surface area contributed by atoms with Crippen LogP contribution in [0.25, 0.3) is 0 Å². The van der Waals surface area contributed by atoms with Gasteiger partial charge < -0.3 is 16.4 Å². The third kappa shape index (κ3) is 4.79. The number of amides is 3. The molecule has 0 saturated carbocycles. The smallest absolute Gasteiger partial charge is 0.316 e. The standard InChI is InChI=1S/C16H16ClN3O2/c17-13-5-1-11(2-6-13)9-10-19-15(21)12-3-7-14(8-4-12)20-16(18)22/h1-8H,9-10H2,(H,19,21)(H3,18,20,22). The van der Waals surface area contributed by atoms with Gasteiger partial charge in [0, 0.05) is 22.8 Å². The van der Waals surface area contributed by atoms with Gasteiger partial charge in [-0.1, -0.05) is 23.7 Å². The van der Waals surface area contributed by atoms with Gasteiger partial charge >= 0.3 is 6.03 Å². The first-order valence-corrected chi connectivity index (χ1v) is 7.11. The first-order chi connectivity index (χ1) is 10.5. The molecule has 0 unspecified atom stereocenters. The summed E-state index contributed by atoms with van der Waals surface area (Å²) in [4.78, 5) is 22.7. The summed E-state index contributed by atoms with van der Waals surface area (Å²) < 4.78 is 0. The normalized spacial score (nSPS) is 10.0. The van der Waals surface area contributed by atoms with E-state index in [0.29, 0.717) is 22.8 Å². The Bertz CT molecular complexity index is 654.